The smallest absolute Gasteiger partial charge is 0.233 e. The quantitative estimate of drug-likeness (QED) is 0.908. The highest BCUT2D eigenvalue weighted by atomic mass is 16.2. The lowest BCUT2D eigenvalue weighted by molar-refractivity contribution is -0.141. The van der Waals surface area contributed by atoms with Gasteiger partial charge in [-0.3, -0.25) is 14.5 Å². The molecule has 2 fully saturated rings. The first-order valence-corrected chi connectivity index (χ1v) is 9.33. The number of hydrogen-bond donors (Lipinski definition) is 1. The Bertz CT molecular complexity index is 609. The number of carbonyl (C=O) groups excluding carboxylic acids is 2. The van der Waals surface area contributed by atoms with E-state index in [1.165, 1.54) is 0 Å². The van der Waals surface area contributed by atoms with Crippen LogP contribution < -0.4 is 5.32 Å². The van der Waals surface area contributed by atoms with Gasteiger partial charge in [-0.2, -0.15) is 0 Å². The number of likely N-dealkylation sites (tertiary alicyclic amines) is 2. The molecule has 3 rings (SSSR count). The molecule has 1 atom stereocenters. The lowest BCUT2D eigenvalue weighted by atomic mass is 9.67. The van der Waals surface area contributed by atoms with Gasteiger partial charge in [0.2, 0.25) is 11.8 Å². The van der Waals surface area contributed by atoms with Crippen LogP contribution >= 0.6 is 0 Å². The van der Waals surface area contributed by atoms with Crippen molar-refractivity contribution < 1.29 is 9.59 Å². The molecule has 0 radical (unpaired) electrons. The molecule has 0 saturated carbocycles. The monoisotopic (exact) mass is 343 g/mol. The van der Waals surface area contributed by atoms with Crippen molar-refractivity contribution in [1.82, 2.24) is 15.1 Å². The number of nitrogens with zero attached hydrogens (tertiary/aromatic N) is 2. The summed E-state index contributed by atoms with van der Waals surface area (Å²) in [6.45, 7) is 6.04. The van der Waals surface area contributed by atoms with Crippen molar-refractivity contribution in [2.75, 3.05) is 39.8 Å². The molecular weight excluding hydrogens is 314 g/mol. The molecule has 1 N–H and O–H groups in total. The molecule has 2 aliphatic heterocycles. The van der Waals surface area contributed by atoms with Gasteiger partial charge in [-0.05, 0) is 50.3 Å². The Morgan fingerprint density at radius 3 is 2.52 bits per heavy atom. The molecular formula is C20H29N3O2. The SMILES string of the molecule is CCN1CC2(CCN(CC(=O)NC)CC2)C[C@@H](c2ccccc2)C1=O. The molecule has 2 amide bonds. The predicted octanol–water partition coefficient (Wildman–Crippen LogP) is 1.85. The maximum absolute atomic E-state index is 12.9. The van der Waals surface area contributed by atoms with Crippen molar-refractivity contribution in [2.45, 2.75) is 32.1 Å². The minimum atomic E-state index is -0.0274. The van der Waals surface area contributed by atoms with E-state index in [9.17, 15) is 9.59 Å². The first-order chi connectivity index (χ1) is 12.1. The zero-order valence-electron chi connectivity index (χ0n) is 15.3. The van der Waals surface area contributed by atoms with Gasteiger partial charge < -0.3 is 10.2 Å². The van der Waals surface area contributed by atoms with Gasteiger partial charge in [-0.15, -0.1) is 0 Å². The number of rotatable bonds is 4. The molecule has 1 spiro atoms. The summed E-state index contributed by atoms with van der Waals surface area (Å²) in [6.07, 6.45) is 3.04. The highest BCUT2D eigenvalue weighted by Crippen LogP contribution is 2.45. The van der Waals surface area contributed by atoms with Crippen molar-refractivity contribution in [3.63, 3.8) is 0 Å². The van der Waals surface area contributed by atoms with Gasteiger partial charge in [0.1, 0.15) is 0 Å². The Hall–Kier alpha value is -1.88. The van der Waals surface area contributed by atoms with E-state index in [1.807, 2.05) is 23.1 Å². The van der Waals surface area contributed by atoms with Gasteiger partial charge in [0.15, 0.2) is 0 Å². The van der Waals surface area contributed by atoms with Crippen molar-refractivity contribution in [3.05, 3.63) is 35.9 Å². The Morgan fingerprint density at radius 2 is 1.92 bits per heavy atom. The number of carbonyl (C=O) groups is 2. The summed E-state index contributed by atoms with van der Waals surface area (Å²) in [5.74, 6) is 0.319. The first-order valence-electron chi connectivity index (χ1n) is 9.33. The third kappa shape index (κ3) is 3.87. The number of likely N-dealkylation sites (N-methyl/N-ethyl adjacent to an activating group) is 2. The van der Waals surface area contributed by atoms with E-state index < -0.39 is 0 Å². The van der Waals surface area contributed by atoms with Gasteiger partial charge in [0.05, 0.1) is 12.5 Å². The maximum Gasteiger partial charge on any atom is 0.233 e. The van der Waals surface area contributed by atoms with Crippen LogP contribution in [0.3, 0.4) is 0 Å². The fourth-order valence-electron chi connectivity index (χ4n) is 4.33. The van der Waals surface area contributed by atoms with Crippen molar-refractivity contribution in [2.24, 2.45) is 5.41 Å². The molecule has 2 aliphatic rings. The van der Waals surface area contributed by atoms with Crippen LogP contribution in [0.4, 0.5) is 0 Å². The largest absolute Gasteiger partial charge is 0.358 e. The van der Waals surface area contributed by atoms with E-state index in [4.69, 9.17) is 0 Å². The van der Waals surface area contributed by atoms with E-state index in [-0.39, 0.29) is 23.1 Å². The molecule has 0 aromatic heterocycles. The van der Waals surface area contributed by atoms with Gasteiger partial charge >= 0.3 is 0 Å². The van der Waals surface area contributed by atoms with Crippen LogP contribution in [0.25, 0.3) is 0 Å². The first kappa shape index (κ1) is 17.9. The molecule has 2 saturated heterocycles. The number of nitrogens with one attached hydrogen (secondary N) is 1. The topological polar surface area (TPSA) is 52.6 Å². The highest BCUT2D eigenvalue weighted by Gasteiger charge is 2.45. The summed E-state index contributed by atoms with van der Waals surface area (Å²) in [7, 11) is 1.68. The summed E-state index contributed by atoms with van der Waals surface area (Å²) in [4.78, 5) is 28.8. The summed E-state index contributed by atoms with van der Waals surface area (Å²) >= 11 is 0. The fourth-order valence-corrected chi connectivity index (χ4v) is 4.33. The highest BCUT2D eigenvalue weighted by molar-refractivity contribution is 5.84. The van der Waals surface area contributed by atoms with Crippen molar-refractivity contribution in [1.29, 1.82) is 0 Å². The fraction of sp³-hybridized carbons (Fsp3) is 0.600. The van der Waals surface area contributed by atoms with E-state index >= 15 is 0 Å². The standard InChI is InChI=1S/C20H29N3O2/c1-3-23-15-20(9-11-22(12-10-20)14-18(24)21-2)13-17(19(23)25)16-7-5-4-6-8-16/h4-8,17H,3,9-15H2,1-2H3,(H,21,24)/t17-/m0/s1. The second-order valence-electron chi connectivity index (χ2n) is 7.47. The molecule has 25 heavy (non-hydrogen) atoms. The van der Waals surface area contributed by atoms with Gasteiger partial charge in [-0.25, -0.2) is 0 Å². The summed E-state index contributed by atoms with van der Waals surface area (Å²) in [5.41, 5.74) is 1.32. The average Bonchev–Trinajstić information content (AvgIpc) is 2.66. The minimum Gasteiger partial charge on any atom is -0.358 e. The molecule has 1 aromatic rings. The number of piperidine rings is 2. The molecule has 0 bridgehead atoms. The second-order valence-corrected chi connectivity index (χ2v) is 7.47. The molecule has 2 heterocycles. The van der Waals surface area contributed by atoms with Crippen LogP contribution in [-0.2, 0) is 9.59 Å². The van der Waals surface area contributed by atoms with Crippen molar-refractivity contribution in [3.8, 4) is 0 Å². The average molecular weight is 343 g/mol. The molecule has 1 aromatic carbocycles. The van der Waals surface area contributed by atoms with E-state index in [0.29, 0.717) is 6.54 Å². The van der Waals surface area contributed by atoms with E-state index in [0.717, 1.165) is 51.0 Å². The van der Waals surface area contributed by atoms with Gasteiger partial charge in [0, 0.05) is 20.1 Å². The zero-order valence-corrected chi connectivity index (χ0v) is 15.3. The number of hydrogen-bond acceptors (Lipinski definition) is 3. The van der Waals surface area contributed by atoms with Crippen LogP contribution in [0.2, 0.25) is 0 Å². The normalized spacial score (nSPS) is 23.7. The number of amides is 2. The predicted molar refractivity (Wildman–Crippen MR) is 98.2 cm³/mol. The number of benzene rings is 1. The Balaban J connectivity index is 1.74. The Labute approximate surface area is 150 Å². The van der Waals surface area contributed by atoms with E-state index in [2.05, 4.69) is 29.3 Å². The van der Waals surface area contributed by atoms with Gasteiger partial charge in [0.25, 0.3) is 0 Å². The Kier molecular flexibility index (Phi) is 5.42. The van der Waals surface area contributed by atoms with Crippen LogP contribution in [0.1, 0.15) is 37.7 Å². The second kappa shape index (κ2) is 7.56. The molecule has 5 nitrogen and oxygen atoms in total. The molecule has 0 aliphatic carbocycles. The van der Waals surface area contributed by atoms with Crippen LogP contribution in [0.5, 0.6) is 0 Å². The van der Waals surface area contributed by atoms with Crippen LogP contribution in [0.15, 0.2) is 30.3 Å². The van der Waals surface area contributed by atoms with Crippen molar-refractivity contribution >= 4 is 11.8 Å². The molecule has 136 valence electrons. The lowest BCUT2D eigenvalue weighted by Gasteiger charge is -2.49. The van der Waals surface area contributed by atoms with Crippen LogP contribution in [-0.4, -0.2) is 61.4 Å². The Morgan fingerprint density at radius 1 is 1.24 bits per heavy atom. The summed E-state index contributed by atoms with van der Waals surface area (Å²) < 4.78 is 0. The van der Waals surface area contributed by atoms with E-state index in [1.54, 1.807) is 7.05 Å². The summed E-state index contributed by atoms with van der Waals surface area (Å²) in [5, 5.41) is 2.70. The lowest BCUT2D eigenvalue weighted by Crippen LogP contribution is -2.54. The third-order valence-corrected chi connectivity index (χ3v) is 5.92. The zero-order chi connectivity index (χ0) is 17.9. The molecule has 5 heteroatoms. The van der Waals surface area contributed by atoms with Gasteiger partial charge in [-0.1, -0.05) is 30.3 Å². The molecule has 0 unspecified atom stereocenters. The minimum absolute atomic E-state index is 0.0274. The summed E-state index contributed by atoms with van der Waals surface area (Å²) in [6, 6.07) is 10.2. The third-order valence-electron chi connectivity index (χ3n) is 5.92. The maximum atomic E-state index is 12.9. The van der Waals surface area contributed by atoms with Crippen LogP contribution in [0, 0.1) is 5.41 Å².